The number of halogens is 1. The van der Waals surface area contributed by atoms with Crippen molar-refractivity contribution >= 4 is 28.4 Å². The molecule has 4 nitrogen and oxygen atoms in total. The molecule has 5 heteroatoms. The zero-order chi connectivity index (χ0) is 14.4. The van der Waals surface area contributed by atoms with Crippen molar-refractivity contribution in [3.63, 3.8) is 0 Å². The van der Waals surface area contributed by atoms with Gasteiger partial charge in [0.1, 0.15) is 0 Å². The summed E-state index contributed by atoms with van der Waals surface area (Å²) in [5, 5.41) is 1.78. The van der Waals surface area contributed by atoms with Crippen molar-refractivity contribution in [3.8, 4) is 0 Å². The Morgan fingerprint density at radius 2 is 2.05 bits per heavy atom. The third-order valence-corrected chi connectivity index (χ3v) is 4.85. The van der Waals surface area contributed by atoms with Gasteiger partial charge in [-0.3, -0.25) is 4.79 Å². The minimum absolute atomic E-state index is 0.242. The summed E-state index contributed by atoms with van der Waals surface area (Å²) in [7, 11) is 0. The maximum atomic E-state index is 12.9. The number of aromatic nitrogens is 1. The Morgan fingerprint density at radius 1 is 1.29 bits per heavy atom. The van der Waals surface area contributed by atoms with Gasteiger partial charge in [0.25, 0.3) is 0 Å². The first-order valence-corrected chi connectivity index (χ1v) is 7.73. The standard InChI is InChI=1S/C16H17ClN2O2/c17-11-1-2-14-12(9-11)13(10-18-14)16(3-4-16)15(20)19-5-7-21-8-6-19/h1-2,9-10,18H,3-8H2. The number of carbonyl (C=O) groups excluding carboxylic acids is 1. The molecule has 21 heavy (non-hydrogen) atoms. The van der Waals surface area contributed by atoms with Crippen molar-refractivity contribution in [2.45, 2.75) is 18.3 Å². The topological polar surface area (TPSA) is 45.3 Å². The molecule has 0 bridgehead atoms. The lowest BCUT2D eigenvalue weighted by Crippen LogP contribution is -2.45. The molecule has 1 saturated heterocycles. The van der Waals surface area contributed by atoms with Gasteiger partial charge in [-0.1, -0.05) is 11.6 Å². The van der Waals surface area contributed by atoms with Gasteiger partial charge in [0.05, 0.1) is 18.6 Å². The van der Waals surface area contributed by atoms with Crippen LogP contribution in [-0.4, -0.2) is 42.1 Å². The van der Waals surface area contributed by atoms with Crippen LogP contribution in [0.15, 0.2) is 24.4 Å². The van der Waals surface area contributed by atoms with Gasteiger partial charge in [0.15, 0.2) is 0 Å². The number of carbonyl (C=O) groups is 1. The summed E-state index contributed by atoms with van der Waals surface area (Å²) in [6.07, 6.45) is 3.82. The average Bonchev–Trinajstić information content (AvgIpc) is 3.22. The van der Waals surface area contributed by atoms with Crippen LogP contribution in [0.3, 0.4) is 0 Å². The van der Waals surface area contributed by atoms with E-state index in [1.54, 1.807) is 0 Å². The first-order valence-electron chi connectivity index (χ1n) is 7.35. The molecule has 2 aliphatic rings. The highest BCUT2D eigenvalue weighted by Crippen LogP contribution is 2.52. The fraction of sp³-hybridized carbons (Fsp3) is 0.438. The molecule has 1 amide bonds. The van der Waals surface area contributed by atoms with Gasteiger partial charge in [-0.2, -0.15) is 0 Å². The van der Waals surface area contributed by atoms with Crippen LogP contribution in [0.25, 0.3) is 10.9 Å². The van der Waals surface area contributed by atoms with E-state index in [-0.39, 0.29) is 11.3 Å². The molecule has 110 valence electrons. The van der Waals surface area contributed by atoms with E-state index in [4.69, 9.17) is 16.3 Å². The Kier molecular flexibility index (Phi) is 2.98. The Balaban J connectivity index is 1.73. The summed E-state index contributed by atoms with van der Waals surface area (Å²) >= 11 is 6.12. The predicted octanol–water partition coefficient (Wildman–Crippen LogP) is 2.71. The quantitative estimate of drug-likeness (QED) is 0.927. The maximum Gasteiger partial charge on any atom is 0.233 e. The first kappa shape index (κ1) is 13.2. The summed E-state index contributed by atoms with van der Waals surface area (Å²) in [6, 6.07) is 5.79. The van der Waals surface area contributed by atoms with Crippen LogP contribution in [0.4, 0.5) is 0 Å². The molecule has 1 aliphatic carbocycles. The van der Waals surface area contributed by atoms with Crippen LogP contribution < -0.4 is 0 Å². The molecule has 2 heterocycles. The molecule has 1 aromatic carbocycles. The zero-order valence-corrected chi connectivity index (χ0v) is 12.4. The number of benzene rings is 1. The van der Waals surface area contributed by atoms with Crippen LogP contribution >= 0.6 is 11.6 Å². The molecule has 1 saturated carbocycles. The van der Waals surface area contributed by atoms with Gasteiger partial charge in [-0.15, -0.1) is 0 Å². The van der Waals surface area contributed by atoms with Gasteiger partial charge in [-0.05, 0) is 36.6 Å². The number of hydrogen-bond donors (Lipinski definition) is 1. The number of hydrogen-bond acceptors (Lipinski definition) is 2. The van der Waals surface area contributed by atoms with Gasteiger partial charge in [-0.25, -0.2) is 0 Å². The molecule has 0 radical (unpaired) electrons. The summed E-state index contributed by atoms with van der Waals surface area (Å²) in [5.41, 5.74) is 1.78. The maximum absolute atomic E-state index is 12.9. The number of nitrogens with zero attached hydrogens (tertiary/aromatic N) is 1. The number of aromatic amines is 1. The predicted molar refractivity (Wildman–Crippen MR) is 81.6 cm³/mol. The monoisotopic (exact) mass is 304 g/mol. The van der Waals surface area contributed by atoms with E-state index in [1.807, 2.05) is 29.3 Å². The minimum Gasteiger partial charge on any atom is -0.378 e. The SMILES string of the molecule is O=C(N1CCOCC1)C1(c2c[nH]c3ccc(Cl)cc23)CC1. The van der Waals surface area contributed by atoms with Gasteiger partial charge in [0, 0.05) is 35.2 Å². The Hall–Kier alpha value is -1.52. The van der Waals surface area contributed by atoms with E-state index < -0.39 is 0 Å². The lowest BCUT2D eigenvalue weighted by Gasteiger charge is -2.30. The van der Waals surface area contributed by atoms with E-state index in [2.05, 4.69) is 4.98 Å². The van der Waals surface area contributed by atoms with E-state index in [1.165, 1.54) is 0 Å². The summed E-state index contributed by atoms with van der Waals surface area (Å²) in [5.74, 6) is 0.242. The smallest absolute Gasteiger partial charge is 0.233 e. The Morgan fingerprint density at radius 3 is 2.76 bits per heavy atom. The number of amides is 1. The third kappa shape index (κ3) is 2.05. The van der Waals surface area contributed by atoms with Crippen molar-refractivity contribution in [2.75, 3.05) is 26.3 Å². The van der Waals surface area contributed by atoms with Crippen LogP contribution in [0.5, 0.6) is 0 Å². The second kappa shape index (κ2) is 4.75. The molecule has 1 N–H and O–H groups in total. The van der Waals surface area contributed by atoms with Crippen molar-refractivity contribution in [1.82, 2.24) is 9.88 Å². The van der Waals surface area contributed by atoms with E-state index in [9.17, 15) is 4.79 Å². The average molecular weight is 305 g/mol. The molecular formula is C16H17ClN2O2. The molecule has 2 fully saturated rings. The highest BCUT2D eigenvalue weighted by Gasteiger charge is 2.54. The van der Waals surface area contributed by atoms with E-state index in [0.29, 0.717) is 31.3 Å². The van der Waals surface area contributed by atoms with Crippen LogP contribution in [0, 0.1) is 0 Å². The van der Waals surface area contributed by atoms with Gasteiger partial charge < -0.3 is 14.6 Å². The Labute approximate surface area is 128 Å². The van der Waals surface area contributed by atoms with Crippen molar-refractivity contribution in [1.29, 1.82) is 0 Å². The van der Waals surface area contributed by atoms with Gasteiger partial charge in [0.2, 0.25) is 5.91 Å². The molecule has 0 atom stereocenters. The first-order chi connectivity index (χ1) is 10.2. The summed E-state index contributed by atoms with van der Waals surface area (Å²) < 4.78 is 5.34. The van der Waals surface area contributed by atoms with Crippen LogP contribution in [-0.2, 0) is 14.9 Å². The Bertz CT molecular complexity index is 699. The normalized spacial score (nSPS) is 20.7. The highest BCUT2D eigenvalue weighted by molar-refractivity contribution is 6.31. The minimum atomic E-state index is -0.347. The third-order valence-electron chi connectivity index (χ3n) is 4.62. The van der Waals surface area contributed by atoms with Crippen molar-refractivity contribution < 1.29 is 9.53 Å². The molecule has 0 unspecified atom stereocenters. The number of H-pyrrole nitrogens is 1. The summed E-state index contributed by atoms with van der Waals surface area (Å²) in [4.78, 5) is 18.1. The lowest BCUT2D eigenvalue weighted by molar-refractivity contribution is -0.138. The second-order valence-electron chi connectivity index (χ2n) is 5.88. The lowest BCUT2D eigenvalue weighted by atomic mass is 9.93. The molecule has 1 aromatic heterocycles. The van der Waals surface area contributed by atoms with Gasteiger partial charge >= 0.3 is 0 Å². The molecule has 1 aliphatic heterocycles. The number of fused-ring (bicyclic) bond motifs is 1. The molecule has 0 spiro atoms. The van der Waals surface area contributed by atoms with Crippen molar-refractivity contribution in [2.24, 2.45) is 0 Å². The molecule has 2 aromatic rings. The number of rotatable bonds is 2. The largest absolute Gasteiger partial charge is 0.378 e. The molecule has 4 rings (SSSR count). The second-order valence-corrected chi connectivity index (χ2v) is 6.32. The van der Waals surface area contributed by atoms with E-state index in [0.717, 1.165) is 29.3 Å². The highest BCUT2D eigenvalue weighted by atomic mass is 35.5. The van der Waals surface area contributed by atoms with E-state index >= 15 is 0 Å². The number of morpholine rings is 1. The fourth-order valence-electron chi connectivity index (χ4n) is 3.28. The van der Waals surface area contributed by atoms with Crippen molar-refractivity contribution in [3.05, 3.63) is 35.0 Å². The zero-order valence-electron chi connectivity index (χ0n) is 11.7. The van der Waals surface area contributed by atoms with Crippen LogP contribution in [0.2, 0.25) is 5.02 Å². The van der Waals surface area contributed by atoms with Crippen LogP contribution in [0.1, 0.15) is 18.4 Å². The fourth-order valence-corrected chi connectivity index (χ4v) is 3.45. The summed E-state index contributed by atoms with van der Waals surface area (Å²) in [6.45, 7) is 2.68. The number of nitrogens with one attached hydrogen (secondary N) is 1. The molecular weight excluding hydrogens is 288 g/mol. The number of ether oxygens (including phenoxy) is 1.